The maximum atomic E-state index is 14.7. The second-order valence-corrected chi connectivity index (χ2v) is 7.40. The lowest BCUT2D eigenvalue weighted by molar-refractivity contribution is 0.298. The minimum absolute atomic E-state index is 0.133. The minimum atomic E-state index is -0.722. The molecule has 0 bridgehead atoms. The fourth-order valence-electron chi connectivity index (χ4n) is 4.26. The molecular formula is C23H28F2. The molecule has 1 aliphatic rings. The average Bonchev–Trinajstić information content (AvgIpc) is 2.65. The minimum Gasteiger partial charge on any atom is -0.204 e. The lowest BCUT2D eigenvalue weighted by atomic mass is 9.75. The van der Waals surface area contributed by atoms with Crippen LogP contribution in [0.3, 0.4) is 0 Å². The SMILES string of the molecule is CCCCCC1CCC(c2c(-c3ccccc3)ccc(F)c2F)CC1. The number of benzene rings is 2. The molecule has 1 fully saturated rings. The topological polar surface area (TPSA) is 0 Å². The van der Waals surface area contributed by atoms with E-state index in [1.807, 2.05) is 30.3 Å². The van der Waals surface area contributed by atoms with Gasteiger partial charge in [0.25, 0.3) is 0 Å². The summed E-state index contributed by atoms with van der Waals surface area (Å²) in [6, 6.07) is 12.8. The van der Waals surface area contributed by atoms with Crippen molar-refractivity contribution in [3.63, 3.8) is 0 Å². The van der Waals surface area contributed by atoms with Gasteiger partial charge in [-0.25, -0.2) is 8.78 Å². The van der Waals surface area contributed by atoms with Crippen molar-refractivity contribution in [3.05, 3.63) is 59.7 Å². The summed E-state index contributed by atoms with van der Waals surface area (Å²) < 4.78 is 28.6. The third-order valence-electron chi connectivity index (χ3n) is 5.69. The van der Waals surface area contributed by atoms with Gasteiger partial charge in [0.1, 0.15) is 0 Å². The van der Waals surface area contributed by atoms with Crippen LogP contribution in [-0.4, -0.2) is 0 Å². The summed E-state index contributed by atoms with van der Waals surface area (Å²) in [4.78, 5) is 0. The lowest BCUT2D eigenvalue weighted by Gasteiger charge is -2.30. The third-order valence-corrected chi connectivity index (χ3v) is 5.69. The zero-order chi connectivity index (χ0) is 17.6. The third kappa shape index (κ3) is 4.29. The molecule has 2 aromatic carbocycles. The van der Waals surface area contributed by atoms with Gasteiger partial charge in [-0.3, -0.25) is 0 Å². The summed E-state index contributed by atoms with van der Waals surface area (Å²) in [5, 5.41) is 0. The molecule has 0 aliphatic heterocycles. The number of hydrogen-bond acceptors (Lipinski definition) is 0. The molecular weight excluding hydrogens is 314 g/mol. The van der Waals surface area contributed by atoms with E-state index in [-0.39, 0.29) is 5.92 Å². The molecule has 2 heteroatoms. The van der Waals surface area contributed by atoms with E-state index in [1.54, 1.807) is 6.07 Å². The normalized spacial score (nSPS) is 20.6. The number of hydrogen-bond donors (Lipinski definition) is 0. The highest BCUT2D eigenvalue weighted by Crippen LogP contribution is 2.42. The van der Waals surface area contributed by atoms with Crippen molar-refractivity contribution >= 4 is 0 Å². The van der Waals surface area contributed by atoms with Crippen molar-refractivity contribution < 1.29 is 8.78 Å². The molecule has 1 aliphatic carbocycles. The molecule has 0 N–H and O–H groups in total. The summed E-state index contributed by atoms with van der Waals surface area (Å²) in [6.45, 7) is 2.23. The van der Waals surface area contributed by atoms with Crippen LogP contribution in [0, 0.1) is 17.6 Å². The summed E-state index contributed by atoms with van der Waals surface area (Å²) in [7, 11) is 0. The number of halogens is 2. The first-order valence-electron chi connectivity index (χ1n) is 9.74. The van der Waals surface area contributed by atoms with E-state index >= 15 is 0 Å². The monoisotopic (exact) mass is 342 g/mol. The molecule has 0 nitrogen and oxygen atoms in total. The van der Waals surface area contributed by atoms with Crippen molar-refractivity contribution in [2.24, 2.45) is 5.92 Å². The van der Waals surface area contributed by atoms with E-state index in [1.165, 1.54) is 31.7 Å². The molecule has 0 amide bonds. The van der Waals surface area contributed by atoms with Crippen molar-refractivity contribution in [3.8, 4) is 11.1 Å². The Kier molecular flexibility index (Phi) is 6.23. The van der Waals surface area contributed by atoms with E-state index in [2.05, 4.69) is 6.92 Å². The molecule has 0 aromatic heterocycles. The van der Waals surface area contributed by atoms with Crippen LogP contribution in [-0.2, 0) is 0 Å². The highest BCUT2D eigenvalue weighted by atomic mass is 19.2. The molecule has 3 rings (SSSR count). The van der Waals surface area contributed by atoms with Crippen LogP contribution in [0.1, 0.15) is 69.8 Å². The summed E-state index contributed by atoms with van der Waals surface area (Å²) in [6.07, 6.45) is 9.36. The van der Waals surface area contributed by atoms with Gasteiger partial charge in [0.2, 0.25) is 0 Å². The van der Waals surface area contributed by atoms with Gasteiger partial charge in [0.15, 0.2) is 11.6 Å². The Morgan fingerprint density at radius 3 is 2.28 bits per heavy atom. The Morgan fingerprint density at radius 2 is 1.60 bits per heavy atom. The molecule has 1 saturated carbocycles. The molecule has 0 atom stereocenters. The molecule has 134 valence electrons. The Balaban J connectivity index is 1.79. The zero-order valence-corrected chi connectivity index (χ0v) is 15.1. The highest BCUT2D eigenvalue weighted by Gasteiger charge is 2.27. The molecule has 0 spiro atoms. The van der Waals surface area contributed by atoms with E-state index in [0.29, 0.717) is 5.56 Å². The fourth-order valence-corrected chi connectivity index (χ4v) is 4.26. The van der Waals surface area contributed by atoms with Crippen molar-refractivity contribution in [1.82, 2.24) is 0 Å². The van der Waals surface area contributed by atoms with Gasteiger partial charge in [-0.05, 0) is 54.7 Å². The quantitative estimate of drug-likeness (QED) is 0.477. The van der Waals surface area contributed by atoms with Crippen molar-refractivity contribution in [2.45, 2.75) is 64.2 Å². The maximum absolute atomic E-state index is 14.7. The van der Waals surface area contributed by atoms with Crippen molar-refractivity contribution in [1.29, 1.82) is 0 Å². The Bertz CT molecular complexity index is 670. The van der Waals surface area contributed by atoms with E-state index in [9.17, 15) is 8.78 Å². The van der Waals surface area contributed by atoms with Gasteiger partial charge in [0, 0.05) is 5.56 Å². The molecule has 25 heavy (non-hydrogen) atoms. The van der Waals surface area contributed by atoms with E-state index in [4.69, 9.17) is 0 Å². The Hall–Kier alpha value is -1.70. The highest BCUT2D eigenvalue weighted by molar-refractivity contribution is 5.68. The van der Waals surface area contributed by atoms with Crippen LogP contribution in [0.25, 0.3) is 11.1 Å². The van der Waals surface area contributed by atoms with Crippen LogP contribution in [0.5, 0.6) is 0 Å². The van der Waals surface area contributed by atoms with Gasteiger partial charge in [-0.2, -0.15) is 0 Å². The smallest absolute Gasteiger partial charge is 0.162 e. The van der Waals surface area contributed by atoms with E-state index < -0.39 is 11.6 Å². The van der Waals surface area contributed by atoms with Gasteiger partial charge in [0.05, 0.1) is 0 Å². The first-order chi connectivity index (χ1) is 12.2. The van der Waals surface area contributed by atoms with Crippen molar-refractivity contribution in [2.75, 3.05) is 0 Å². The average molecular weight is 342 g/mol. The lowest BCUT2D eigenvalue weighted by Crippen LogP contribution is -2.15. The van der Waals surface area contributed by atoms with Crippen LogP contribution < -0.4 is 0 Å². The van der Waals surface area contributed by atoms with Crippen LogP contribution in [0.2, 0.25) is 0 Å². The largest absolute Gasteiger partial charge is 0.204 e. The van der Waals surface area contributed by atoms with Gasteiger partial charge < -0.3 is 0 Å². The Labute approximate surface area is 150 Å². The molecule has 0 heterocycles. The van der Waals surface area contributed by atoms with Gasteiger partial charge >= 0.3 is 0 Å². The molecule has 0 saturated heterocycles. The van der Waals surface area contributed by atoms with E-state index in [0.717, 1.165) is 42.7 Å². The maximum Gasteiger partial charge on any atom is 0.162 e. The zero-order valence-electron chi connectivity index (χ0n) is 15.1. The molecule has 0 unspecified atom stereocenters. The number of unbranched alkanes of at least 4 members (excludes halogenated alkanes) is 2. The Morgan fingerprint density at radius 1 is 0.880 bits per heavy atom. The van der Waals surface area contributed by atoms with Crippen LogP contribution in [0.15, 0.2) is 42.5 Å². The van der Waals surface area contributed by atoms with Gasteiger partial charge in [-0.1, -0.05) is 69.0 Å². The predicted octanol–water partition coefficient (Wildman–Crippen LogP) is 7.49. The predicted molar refractivity (Wildman–Crippen MR) is 101 cm³/mol. The fraction of sp³-hybridized carbons (Fsp3) is 0.478. The molecule has 0 radical (unpaired) electrons. The second-order valence-electron chi connectivity index (χ2n) is 7.40. The van der Waals surface area contributed by atoms with Crippen LogP contribution >= 0.6 is 0 Å². The second kappa shape index (κ2) is 8.60. The first kappa shape index (κ1) is 18.1. The summed E-state index contributed by atoms with van der Waals surface area (Å²) in [5.74, 6) is -0.469. The summed E-state index contributed by atoms with van der Waals surface area (Å²) >= 11 is 0. The molecule has 2 aromatic rings. The first-order valence-corrected chi connectivity index (χ1v) is 9.74. The number of rotatable bonds is 6. The van der Waals surface area contributed by atoms with Crippen LogP contribution in [0.4, 0.5) is 8.78 Å². The standard InChI is InChI=1S/C23H28F2/c1-2-3-5-8-17-11-13-19(14-12-17)22-20(15-16-21(24)23(22)25)18-9-6-4-7-10-18/h4,6-7,9-10,15-17,19H,2-3,5,8,11-14H2,1H3. The summed E-state index contributed by atoms with van der Waals surface area (Å²) in [5.41, 5.74) is 2.42. The van der Waals surface area contributed by atoms with Gasteiger partial charge in [-0.15, -0.1) is 0 Å².